The predicted octanol–water partition coefficient (Wildman–Crippen LogP) is 9.61. The van der Waals surface area contributed by atoms with Crippen molar-refractivity contribution in [3.63, 3.8) is 0 Å². The van der Waals surface area contributed by atoms with E-state index >= 15 is 0 Å². The topological polar surface area (TPSA) is 159 Å². The number of rotatable bonds is 22. The number of nitrogens with one attached hydrogen (secondary N) is 1. The summed E-state index contributed by atoms with van der Waals surface area (Å²) in [4.78, 5) is 70.5. The van der Waals surface area contributed by atoms with Crippen LogP contribution < -0.4 is 15.0 Å². The zero-order chi connectivity index (χ0) is 51.0. The van der Waals surface area contributed by atoms with Crippen molar-refractivity contribution >= 4 is 47.4 Å². The molecule has 1 heterocycles. The lowest BCUT2D eigenvalue weighted by atomic mass is 9.82. The van der Waals surface area contributed by atoms with Gasteiger partial charge in [0.15, 0.2) is 6.10 Å². The average Bonchev–Trinajstić information content (AvgIpc) is 3.44. The van der Waals surface area contributed by atoms with Crippen LogP contribution in [0.4, 0.5) is 10.5 Å². The van der Waals surface area contributed by atoms with E-state index in [0.717, 1.165) is 22.6 Å². The number of esters is 3. The van der Waals surface area contributed by atoms with E-state index in [9.17, 15) is 24.0 Å². The maximum absolute atomic E-state index is 14.3. The lowest BCUT2D eigenvalue weighted by molar-refractivity contribution is -0.151. The summed E-state index contributed by atoms with van der Waals surface area (Å²) in [7, 11) is 2.95. The molecule has 0 aliphatic carbocycles. The average molecular weight is 962 g/mol. The molecule has 1 N–H and O–H groups in total. The minimum absolute atomic E-state index is 0.0279. The highest BCUT2D eigenvalue weighted by molar-refractivity contribution is 7.98. The molecule has 0 saturated heterocycles. The van der Waals surface area contributed by atoms with Crippen molar-refractivity contribution < 1.29 is 52.4 Å². The van der Waals surface area contributed by atoms with Gasteiger partial charge in [-0.05, 0) is 122 Å². The third kappa shape index (κ3) is 18.1. The molecule has 1 aliphatic heterocycles. The van der Waals surface area contributed by atoms with Gasteiger partial charge in [-0.3, -0.25) is 14.5 Å². The summed E-state index contributed by atoms with van der Waals surface area (Å²) >= 11 is 1.42. The first-order valence-electron chi connectivity index (χ1n) is 23.0. The third-order valence-corrected chi connectivity index (χ3v) is 11.1. The highest BCUT2D eigenvalue weighted by Crippen LogP contribution is 2.41. The summed E-state index contributed by atoms with van der Waals surface area (Å²) < 4.78 is 33.4. The number of allylic oxidation sites excluding steroid dienone is 6. The van der Waals surface area contributed by atoms with Crippen molar-refractivity contribution in [3.8, 4) is 5.75 Å². The Balaban J connectivity index is 0.00000157. The smallest absolute Gasteiger partial charge is 0.419 e. The van der Waals surface area contributed by atoms with E-state index in [1.54, 1.807) is 45.8 Å². The van der Waals surface area contributed by atoms with E-state index in [0.29, 0.717) is 43.1 Å². The van der Waals surface area contributed by atoms with Gasteiger partial charge in [0.25, 0.3) is 5.91 Å². The number of carbonyl (C=O) groups excluding carboxylic acids is 5. The number of aryl methyl sites for hydroxylation is 2. The summed E-state index contributed by atoms with van der Waals surface area (Å²) in [5.41, 5.74) is 4.36. The van der Waals surface area contributed by atoms with Gasteiger partial charge in [0.05, 0.1) is 50.9 Å². The first-order valence-corrected chi connectivity index (χ1v) is 24.3. The fraction of sp³-hybridized carbons (Fsp3) is 0.491. The molecule has 0 spiro atoms. The molecule has 2 unspecified atom stereocenters. The molecule has 2 amide bonds. The van der Waals surface area contributed by atoms with Gasteiger partial charge in [-0.2, -0.15) is 11.8 Å². The van der Waals surface area contributed by atoms with Gasteiger partial charge >= 0.3 is 24.0 Å². The number of para-hydroxylation sites is 1. The van der Waals surface area contributed by atoms with Crippen LogP contribution >= 0.6 is 11.8 Å². The van der Waals surface area contributed by atoms with Crippen LogP contribution in [0, 0.1) is 19.8 Å². The molecule has 374 valence electrons. The number of nitrogens with zero attached hydrogens (tertiary/aromatic N) is 2. The van der Waals surface area contributed by atoms with Crippen LogP contribution in [0.5, 0.6) is 5.75 Å². The first kappa shape index (κ1) is 58.5. The highest BCUT2D eigenvalue weighted by Gasteiger charge is 2.42. The van der Waals surface area contributed by atoms with E-state index < -0.39 is 41.6 Å². The Labute approximate surface area is 409 Å². The quantitative estimate of drug-likeness (QED) is 0.0515. The molecule has 0 fully saturated rings. The Kier molecular flexibility index (Phi) is 25.8. The molecule has 0 radical (unpaired) electrons. The van der Waals surface area contributed by atoms with Gasteiger partial charge in [-0.25, -0.2) is 14.4 Å². The van der Waals surface area contributed by atoms with Crippen molar-refractivity contribution in [2.75, 3.05) is 70.6 Å². The van der Waals surface area contributed by atoms with E-state index in [-0.39, 0.29) is 55.4 Å². The summed E-state index contributed by atoms with van der Waals surface area (Å²) in [6.45, 7) is 23.0. The standard InChI is InChI=1S/C45H65N3O10S.C8H10O/c1-13-20-33(30(5)14-2)34-27-35(42(51)54-11)36(15-3)48(44(53)58-45(8,9)10)38(40(34)43(52)56-16-4)28-55-26-24-46-23-19-25-47(37-22-18-17-21-31(37)6)41(50)39(29-59-12)57-32(7)49;1-7-3-5-8(9-2)6-4-7/h13-14,17-18,20-22,34,39,46H,2,15-16,19,23-29H2,1,3-12H3;3-6H,1-2H3/b20-13-,33-30+;. The van der Waals surface area contributed by atoms with Crippen LogP contribution in [-0.4, -0.2) is 112 Å². The van der Waals surface area contributed by atoms with Crippen molar-refractivity contribution in [3.05, 3.63) is 118 Å². The maximum atomic E-state index is 14.3. The monoisotopic (exact) mass is 962 g/mol. The molecule has 15 heteroatoms. The summed E-state index contributed by atoms with van der Waals surface area (Å²) in [6, 6.07) is 15.5. The summed E-state index contributed by atoms with van der Waals surface area (Å²) in [6.07, 6.45) is 6.35. The van der Waals surface area contributed by atoms with Gasteiger partial charge in [0.2, 0.25) is 0 Å². The molecule has 14 nitrogen and oxygen atoms in total. The predicted molar refractivity (Wildman–Crippen MR) is 270 cm³/mol. The molecule has 68 heavy (non-hydrogen) atoms. The van der Waals surface area contributed by atoms with Crippen molar-refractivity contribution in [1.29, 1.82) is 0 Å². The summed E-state index contributed by atoms with van der Waals surface area (Å²) in [5.74, 6) is -1.61. The Hall–Kier alpha value is -5.64. The summed E-state index contributed by atoms with van der Waals surface area (Å²) in [5, 5.41) is 3.35. The first-order chi connectivity index (χ1) is 32.3. The largest absolute Gasteiger partial charge is 0.497 e. The molecule has 2 aromatic carbocycles. The number of anilines is 1. The van der Waals surface area contributed by atoms with Gasteiger partial charge in [0, 0.05) is 43.1 Å². The van der Waals surface area contributed by atoms with Crippen molar-refractivity contribution in [2.24, 2.45) is 5.92 Å². The van der Waals surface area contributed by atoms with Gasteiger partial charge in [-0.1, -0.05) is 67.6 Å². The van der Waals surface area contributed by atoms with Gasteiger partial charge in [0.1, 0.15) is 11.4 Å². The van der Waals surface area contributed by atoms with Crippen LogP contribution in [0.25, 0.3) is 0 Å². The lowest BCUT2D eigenvalue weighted by Crippen LogP contribution is -2.44. The normalized spacial score (nSPS) is 14.8. The SMILES string of the molecule is C=C/C(C)=C(\C=C/C)C1CC(C(=O)OC)=C(CC)N(C(=O)OC(C)(C)C)C(COCCNCCCN(C(=O)C(CSC)OC(C)=O)c2ccccc2C)=C1C(=O)OCC.COc1ccc(C)cc1. The fourth-order valence-corrected chi connectivity index (χ4v) is 7.85. The van der Waals surface area contributed by atoms with E-state index in [1.165, 1.54) is 36.3 Å². The minimum Gasteiger partial charge on any atom is -0.497 e. The Morgan fingerprint density at radius 3 is 2.19 bits per heavy atom. The molecule has 0 aromatic heterocycles. The number of hydrogen-bond acceptors (Lipinski definition) is 13. The lowest BCUT2D eigenvalue weighted by Gasteiger charge is -2.32. The number of benzene rings is 2. The Morgan fingerprint density at radius 1 is 0.971 bits per heavy atom. The second-order valence-corrected chi connectivity index (χ2v) is 17.7. The van der Waals surface area contributed by atoms with E-state index in [1.807, 2.05) is 94.6 Å². The number of thioether (sulfide) groups is 1. The highest BCUT2D eigenvalue weighted by atomic mass is 32.2. The molecule has 3 rings (SSSR count). The van der Waals surface area contributed by atoms with E-state index in [2.05, 4.69) is 18.8 Å². The van der Waals surface area contributed by atoms with Gasteiger partial charge in [-0.15, -0.1) is 0 Å². The van der Waals surface area contributed by atoms with Crippen LogP contribution in [0.1, 0.15) is 85.8 Å². The van der Waals surface area contributed by atoms with Crippen LogP contribution in [0.3, 0.4) is 0 Å². The molecular formula is C53H75N3O11S. The Morgan fingerprint density at radius 2 is 1.65 bits per heavy atom. The third-order valence-electron chi connectivity index (χ3n) is 10.5. The van der Waals surface area contributed by atoms with Gasteiger partial charge < -0.3 is 38.6 Å². The molecule has 0 saturated carbocycles. The number of carbonyl (C=O) groups is 5. The fourth-order valence-electron chi connectivity index (χ4n) is 7.34. The molecule has 0 bridgehead atoms. The van der Waals surface area contributed by atoms with Crippen molar-refractivity contribution in [1.82, 2.24) is 10.2 Å². The maximum Gasteiger partial charge on any atom is 0.419 e. The number of ether oxygens (including phenoxy) is 6. The van der Waals surface area contributed by atoms with Crippen molar-refractivity contribution in [2.45, 2.75) is 100 Å². The number of methoxy groups -OCH3 is 2. The zero-order valence-corrected chi connectivity index (χ0v) is 43.4. The second kappa shape index (κ2) is 30.0. The molecule has 1 aliphatic rings. The minimum atomic E-state index is -0.918. The molecule has 2 aromatic rings. The Bertz CT molecular complexity index is 2140. The van der Waals surface area contributed by atoms with Crippen LogP contribution in [-0.2, 0) is 42.9 Å². The van der Waals surface area contributed by atoms with E-state index in [4.69, 9.17) is 28.4 Å². The number of hydrogen-bond donors (Lipinski definition) is 1. The zero-order valence-electron chi connectivity index (χ0n) is 42.6. The second-order valence-electron chi connectivity index (χ2n) is 16.8. The molecular weight excluding hydrogens is 887 g/mol. The van der Waals surface area contributed by atoms with Crippen LogP contribution in [0.2, 0.25) is 0 Å². The number of amides is 2. The molecule has 2 atom stereocenters. The van der Waals surface area contributed by atoms with Crippen LogP contribution in [0.15, 0.2) is 107 Å².